The number of alkyl halides is 1. The van der Waals surface area contributed by atoms with Gasteiger partial charge in [0.05, 0.1) is 16.1 Å². The van der Waals surface area contributed by atoms with Crippen LogP contribution in [0.25, 0.3) is 10.2 Å². The summed E-state index contributed by atoms with van der Waals surface area (Å²) >= 11 is 6.53. The first-order valence-electron chi connectivity index (χ1n) is 5.02. The van der Waals surface area contributed by atoms with Crippen molar-refractivity contribution in [3.8, 4) is 0 Å². The molecule has 0 aliphatic heterocycles. The van der Waals surface area contributed by atoms with Gasteiger partial charge in [-0.1, -0.05) is 23.5 Å². The molecule has 17 heavy (non-hydrogen) atoms. The molecule has 0 aliphatic carbocycles. The summed E-state index contributed by atoms with van der Waals surface area (Å²) in [6, 6.07) is 7.34. The van der Waals surface area contributed by atoms with E-state index < -0.39 is 5.97 Å². The standard InChI is InChI=1S/C11H10ClNO3S/c12-5-6-16-10(14)7-13-8-3-1-2-4-9(8)17-11(13)15/h1-4H,5-7H2. The van der Waals surface area contributed by atoms with Crippen LogP contribution in [-0.4, -0.2) is 23.0 Å². The zero-order valence-corrected chi connectivity index (χ0v) is 10.5. The SMILES string of the molecule is O=C(Cn1c(=O)sc2ccccc21)OCCCl. The molecule has 1 aromatic heterocycles. The van der Waals surface area contributed by atoms with E-state index in [0.29, 0.717) is 0 Å². The van der Waals surface area contributed by atoms with Crippen molar-refractivity contribution in [2.75, 3.05) is 12.5 Å². The van der Waals surface area contributed by atoms with Crippen molar-refractivity contribution in [3.63, 3.8) is 0 Å². The topological polar surface area (TPSA) is 48.3 Å². The van der Waals surface area contributed by atoms with Crippen LogP contribution in [0.1, 0.15) is 0 Å². The number of hydrogen-bond acceptors (Lipinski definition) is 4. The fourth-order valence-corrected chi connectivity index (χ4v) is 2.46. The second-order valence-electron chi connectivity index (χ2n) is 3.33. The number of nitrogens with zero attached hydrogens (tertiary/aromatic N) is 1. The highest BCUT2D eigenvalue weighted by atomic mass is 35.5. The second-order valence-corrected chi connectivity index (χ2v) is 4.70. The Kier molecular flexibility index (Phi) is 3.81. The molecule has 0 amide bonds. The van der Waals surface area contributed by atoms with E-state index in [9.17, 15) is 9.59 Å². The average Bonchev–Trinajstić information content (AvgIpc) is 2.64. The van der Waals surface area contributed by atoms with E-state index in [1.807, 2.05) is 24.3 Å². The first kappa shape index (κ1) is 12.1. The van der Waals surface area contributed by atoms with E-state index in [-0.39, 0.29) is 23.9 Å². The smallest absolute Gasteiger partial charge is 0.326 e. The maximum absolute atomic E-state index is 11.7. The van der Waals surface area contributed by atoms with Crippen LogP contribution in [0.15, 0.2) is 29.1 Å². The number of para-hydroxylation sites is 1. The Hall–Kier alpha value is -1.33. The van der Waals surface area contributed by atoms with Gasteiger partial charge in [0.25, 0.3) is 0 Å². The third-order valence-electron chi connectivity index (χ3n) is 2.20. The van der Waals surface area contributed by atoms with E-state index in [2.05, 4.69) is 0 Å². The van der Waals surface area contributed by atoms with Gasteiger partial charge < -0.3 is 4.74 Å². The predicted octanol–water partition coefficient (Wildman–Crippen LogP) is 1.84. The molecule has 1 heterocycles. The fraction of sp³-hybridized carbons (Fsp3) is 0.273. The summed E-state index contributed by atoms with van der Waals surface area (Å²) in [5.41, 5.74) is 0.755. The van der Waals surface area contributed by atoms with E-state index in [0.717, 1.165) is 21.6 Å². The number of rotatable bonds is 4. The average molecular weight is 272 g/mol. The zero-order chi connectivity index (χ0) is 12.3. The van der Waals surface area contributed by atoms with Crippen LogP contribution in [0.3, 0.4) is 0 Å². The number of halogens is 1. The molecule has 6 heteroatoms. The highest BCUT2D eigenvalue weighted by molar-refractivity contribution is 7.16. The fourth-order valence-electron chi connectivity index (χ4n) is 1.49. The van der Waals surface area contributed by atoms with Gasteiger partial charge in [0, 0.05) is 0 Å². The van der Waals surface area contributed by atoms with Crippen LogP contribution in [0.5, 0.6) is 0 Å². The summed E-state index contributed by atoms with van der Waals surface area (Å²) in [4.78, 5) is 23.0. The van der Waals surface area contributed by atoms with E-state index in [1.54, 1.807) is 0 Å². The lowest BCUT2D eigenvalue weighted by atomic mass is 10.3. The maximum Gasteiger partial charge on any atom is 0.326 e. The molecule has 90 valence electrons. The van der Waals surface area contributed by atoms with Crippen molar-refractivity contribution < 1.29 is 9.53 Å². The molecule has 1 aromatic carbocycles. The van der Waals surface area contributed by atoms with Crippen LogP contribution in [0.4, 0.5) is 0 Å². The van der Waals surface area contributed by atoms with Gasteiger partial charge in [0.2, 0.25) is 0 Å². The van der Waals surface area contributed by atoms with Gasteiger partial charge >= 0.3 is 10.8 Å². The summed E-state index contributed by atoms with van der Waals surface area (Å²) in [5.74, 6) is -0.193. The van der Waals surface area contributed by atoms with Crippen molar-refractivity contribution in [1.29, 1.82) is 0 Å². The lowest BCUT2D eigenvalue weighted by Gasteiger charge is -2.03. The summed E-state index contributed by atoms with van der Waals surface area (Å²) < 4.78 is 7.12. The molecule has 2 rings (SSSR count). The lowest BCUT2D eigenvalue weighted by Crippen LogP contribution is -2.21. The Bertz CT molecular complexity index is 590. The molecular weight excluding hydrogens is 262 g/mol. The Morgan fingerprint density at radius 3 is 2.94 bits per heavy atom. The summed E-state index contributed by atoms with van der Waals surface area (Å²) in [6.07, 6.45) is 0. The first-order chi connectivity index (χ1) is 8.22. The number of ether oxygens (including phenoxy) is 1. The van der Waals surface area contributed by atoms with E-state index in [4.69, 9.17) is 16.3 Å². The Labute approximate surface area is 106 Å². The molecule has 0 N–H and O–H groups in total. The number of benzene rings is 1. The minimum absolute atomic E-state index is 0.0697. The first-order valence-corrected chi connectivity index (χ1v) is 6.37. The van der Waals surface area contributed by atoms with Crippen LogP contribution in [-0.2, 0) is 16.1 Å². The summed E-state index contributed by atoms with van der Waals surface area (Å²) in [7, 11) is 0. The van der Waals surface area contributed by atoms with Crippen molar-refractivity contribution >= 4 is 39.1 Å². The van der Waals surface area contributed by atoms with Crippen molar-refractivity contribution in [1.82, 2.24) is 4.57 Å². The minimum atomic E-state index is -0.448. The van der Waals surface area contributed by atoms with E-state index >= 15 is 0 Å². The molecule has 0 atom stereocenters. The van der Waals surface area contributed by atoms with Gasteiger partial charge in [-0.2, -0.15) is 0 Å². The third kappa shape index (κ3) is 2.68. The van der Waals surface area contributed by atoms with Crippen LogP contribution in [0.2, 0.25) is 0 Å². The van der Waals surface area contributed by atoms with Crippen LogP contribution < -0.4 is 4.87 Å². The van der Waals surface area contributed by atoms with Crippen molar-refractivity contribution in [3.05, 3.63) is 33.9 Å². The molecule has 0 aliphatic rings. The molecule has 0 radical (unpaired) electrons. The molecule has 0 fully saturated rings. The third-order valence-corrected chi connectivity index (χ3v) is 3.32. The van der Waals surface area contributed by atoms with Gasteiger partial charge in [-0.25, -0.2) is 0 Å². The minimum Gasteiger partial charge on any atom is -0.463 e. The van der Waals surface area contributed by atoms with Gasteiger partial charge in [0.1, 0.15) is 13.2 Å². The number of aromatic nitrogens is 1. The zero-order valence-electron chi connectivity index (χ0n) is 8.89. The summed E-state index contributed by atoms with van der Waals surface area (Å²) in [5, 5.41) is 0. The Morgan fingerprint density at radius 2 is 2.18 bits per heavy atom. The quantitative estimate of drug-likeness (QED) is 0.630. The normalized spacial score (nSPS) is 10.6. The highest BCUT2D eigenvalue weighted by Crippen LogP contribution is 2.16. The molecule has 0 unspecified atom stereocenters. The second kappa shape index (κ2) is 5.33. The van der Waals surface area contributed by atoms with Gasteiger partial charge in [-0.05, 0) is 12.1 Å². The predicted molar refractivity (Wildman–Crippen MR) is 67.8 cm³/mol. The van der Waals surface area contributed by atoms with Gasteiger partial charge in [-0.15, -0.1) is 11.6 Å². The van der Waals surface area contributed by atoms with Crippen molar-refractivity contribution in [2.24, 2.45) is 0 Å². The van der Waals surface area contributed by atoms with Gasteiger partial charge in [0.15, 0.2) is 0 Å². The maximum atomic E-state index is 11.7. The Balaban J connectivity index is 2.26. The molecule has 4 nitrogen and oxygen atoms in total. The number of thiazole rings is 1. The molecule has 0 saturated heterocycles. The Morgan fingerprint density at radius 1 is 1.41 bits per heavy atom. The molecule has 0 spiro atoms. The largest absolute Gasteiger partial charge is 0.463 e. The highest BCUT2D eigenvalue weighted by Gasteiger charge is 2.11. The number of carbonyl (C=O) groups excluding carboxylic acids is 1. The molecule has 0 saturated carbocycles. The molecular formula is C11H10ClNO3S. The molecule has 0 bridgehead atoms. The van der Waals surface area contributed by atoms with Crippen molar-refractivity contribution in [2.45, 2.75) is 6.54 Å². The number of hydrogen-bond donors (Lipinski definition) is 0. The van der Waals surface area contributed by atoms with Crippen LogP contribution >= 0.6 is 22.9 Å². The lowest BCUT2D eigenvalue weighted by molar-refractivity contribution is -0.143. The van der Waals surface area contributed by atoms with Crippen LogP contribution in [0, 0.1) is 0 Å². The molecule has 2 aromatic rings. The van der Waals surface area contributed by atoms with E-state index in [1.165, 1.54) is 4.57 Å². The monoisotopic (exact) mass is 271 g/mol. The number of carbonyl (C=O) groups is 1. The number of esters is 1. The summed E-state index contributed by atoms with van der Waals surface area (Å²) in [6.45, 7) is 0.0942. The van der Waals surface area contributed by atoms with Gasteiger partial charge in [-0.3, -0.25) is 14.2 Å². The number of fused-ring (bicyclic) bond motifs is 1.